The highest BCUT2D eigenvalue weighted by Crippen LogP contribution is 2.27. The van der Waals surface area contributed by atoms with Gasteiger partial charge in [0.25, 0.3) is 0 Å². The van der Waals surface area contributed by atoms with Crippen molar-refractivity contribution in [2.75, 3.05) is 32.8 Å². The summed E-state index contributed by atoms with van der Waals surface area (Å²) in [6, 6.07) is 6.52. The fourth-order valence-electron chi connectivity index (χ4n) is 3.31. The van der Waals surface area contributed by atoms with Crippen molar-refractivity contribution in [3.05, 3.63) is 29.3 Å². The zero-order chi connectivity index (χ0) is 20.7. The Balaban J connectivity index is 1.71. The minimum absolute atomic E-state index is 0.107. The number of nitrogens with zero attached hydrogens (tertiary/aromatic N) is 1. The number of ether oxygens (including phenoxy) is 2. The first kappa shape index (κ1) is 22.5. The van der Waals surface area contributed by atoms with Crippen LogP contribution in [0.1, 0.15) is 51.7 Å². The molecule has 1 aliphatic rings. The minimum Gasteiger partial charge on any atom is -0.491 e. The number of hydrogen-bond donors (Lipinski definition) is 2. The number of aliphatic hydroxyl groups excluding tert-OH is 1. The number of carbonyl (C=O) groups is 1. The molecule has 0 bridgehead atoms. The molecule has 1 atom stereocenters. The molecule has 0 aliphatic carbocycles. The largest absolute Gasteiger partial charge is 0.491 e. The van der Waals surface area contributed by atoms with Crippen LogP contribution in [0.25, 0.3) is 0 Å². The van der Waals surface area contributed by atoms with Crippen LogP contribution < -0.4 is 10.1 Å². The number of aliphatic hydroxyl groups is 1. The maximum absolute atomic E-state index is 11.7. The molecule has 2 N–H and O–H groups in total. The normalized spacial score (nSPS) is 16.7. The SMILES string of the molecule is CCOC(=O)N1CCC(NCC(O)COc2ccc(C(C)(C)C)cc2C)CC1. The van der Waals surface area contributed by atoms with Crippen molar-refractivity contribution in [2.45, 2.75) is 65.0 Å². The third-order valence-electron chi connectivity index (χ3n) is 5.14. The van der Waals surface area contributed by atoms with E-state index in [9.17, 15) is 9.90 Å². The summed E-state index contributed by atoms with van der Waals surface area (Å²) in [5.41, 5.74) is 2.46. The molecule has 1 aromatic carbocycles. The number of benzene rings is 1. The average Bonchev–Trinajstić information content (AvgIpc) is 2.65. The zero-order valence-electron chi connectivity index (χ0n) is 18.0. The van der Waals surface area contributed by atoms with Gasteiger partial charge in [-0.05, 0) is 49.3 Å². The van der Waals surface area contributed by atoms with Crippen molar-refractivity contribution in [1.82, 2.24) is 10.2 Å². The van der Waals surface area contributed by atoms with Gasteiger partial charge in [-0.25, -0.2) is 4.79 Å². The fourth-order valence-corrected chi connectivity index (χ4v) is 3.31. The lowest BCUT2D eigenvalue weighted by Crippen LogP contribution is -2.47. The number of piperidine rings is 1. The predicted molar refractivity (Wildman–Crippen MR) is 111 cm³/mol. The second kappa shape index (κ2) is 10.1. The van der Waals surface area contributed by atoms with Gasteiger partial charge in [0.15, 0.2) is 0 Å². The van der Waals surface area contributed by atoms with Gasteiger partial charge in [0.2, 0.25) is 0 Å². The summed E-state index contributed by atoms with van der Waals surface area (Å²) in [5.74, 6) is 0.815. The van der Waals surface area contributed by atoms with Crippen LogP contribution in [0.4, 0.5) is 4.79 Å². The van der Waals surface area contributed by atoms with Crippen molar-refractivity contribution in [1.29, 1.82) is 0 Å². The summed E-state index contributed by atoms with van der Waals surface area (Å²) < 4.78 is 10.9. The zero-order valence-corrected chi connectivity index (χ0v) is 18.0. The topological polar surface area (TPSA) is 71.0 Å². The molecule has 1 aromatic rings. The highest BCUT2D eigenvalue weighted by atomic mass is 16.6. The quantitative estimate of drug-likeness (QED) is 0.745. The fraction of sp³-hybridized carbons (Fsp3) is 0.682. The second-order valence-corrected chi connectivity index (χ2v) is 8.56. The number of amides is 1. The Morgan fingerprint density at radius 2 is 2.00 bits per heavy atom. The second-order valence-electron chi connectivity index (χ2n) is 8.56. The number of nitrogens with one attached hydrogen (secondary N) is 1. The molecule has 0 radical (unpaired) electrons. The Labute approximate surface area is 169 Å². The molecule has 158 valence electrons. The first-order valence-corrected chi connectivity index (χ1v) is 10.3. The van der Waals surface area contributed by atoms with E-state index in [1.165, 1.54) is 5.56 Å². The van der Waals surface area contributed by atoms with Crippen molar-refractivity contribution >= 4 is 6.09 Å². The average molecular weight is 393 g/mol. The molecule has 0 saturated carbocycles. The molecule has 6 nitrogen and oxygen atoms in total. The van der Waals surface area contributed by atoms with Crippen LogP contribution in [-0.2, 0) is 10.2 Å². The molecule has 2 rings (SSSR count). The molecular weight excluding hydrogens is 356 g/mol. The van der Waals surface area contributed by atoms with Gasteiger partial charge in [-0.2, -0.15) is 0 Å². The predicted octanol–water partition coefficient (Wildman–Crippen LogP) is 3.24. The van der Waals surface area contributed by atoms with E-state index in [1.807, 2.05) is 19.9 Å². The summed E-state index contributed by atoms with van der Waals surface area (Å²) in [6.45, 7) is 12.9. The smallest absolute Gasteiger partial charge is 0.409 e. The summed E-state index contributed by atoms with van der Waals surface area (Å²) in [6.07, 6.45) is 0.909. The molecule has 0 spiro atoms. The molecular formula is C22H36N2O4. The minimum atomic E-state index is -0.579. The van der Waals surface area contributed by atoms with Gasteiger partial charge in [0.05, 0.1) is 6.61 Å². The van der Waals surface area contributed by atoms with Crippen molar-refractivity contribution in [2.24, 2.45) is 0 Å². The Morgan fingerprint density at radius 1 is 1.32 bits per heavy atom. The van der Waals surface area contributed by atoms with Gasteiger partial charge in [-0.1, -0.05) is 32.9 Å². The summed E-state index contributed by atoms with van der Waals surface area (Å²) in [4.78, 5) is 13.5. The van der Waals surface area contributed by atoms with Gasteiger partial charge in [-0.3, -0.25) is 0 Å². The van der Waals surface area contributed by atoms with Gasteiger partial charge in [-0.15, -0.1) is 0 Å². The van der Waals surface area contributed by atoms with Gasteiger partial charge >= 0.3 is 6.09 Å². The molecule has 28 heavy (non-hydrogen) atoms. The molecule has 0 aromatic heterocycles. The summed E-state index contributed by atoms with van der Waals surface area (Å²) in [5, 5.41) is 13.6. The molecule has 1 heterocycles. The maximum Gasteiger partial charge on any atom is 0.409 e. The van der Waals surface area contributed by atoms with Crippen molar-refractivity contribution in [3.63, 3.8) is 0 Å². The van der Waals surface area contributed by atoms with Crippen LogP contribution in [0.2, 0.25) is 0 Å². The summed E-state index contributed by atoms with van der Waals surface area (Å²) in [7, 11) is 0. The van der Waals surface area contributed by atoms with E-state index in [0.29, 0.717) is 32.3 Å². The van der Waals surface area contributed by atoms with Crippen LogP contribution in [0.5, 0.6) is 5.75 Å². The number of hydrogen-bond acceptors (Lipinski definition) is 5. The monoisotopic (exact) mass is 392 g/mol. The molecule has 1 saturated heterocycles. The standard InChI is InChI=1S/C22H36N2O4/c1-6-27-21(26)24-11-9-18(10-12-24)23-14-19(25)15-28-20-8-7-17(13-16(20)2)22(3,4)5/h7-8,13,18-19,23,25H,6,9-12,14-15H2,1-5H3. The van der Waals surface area contributed by atoms with E-state index in [2.05, 4.69) is 38.2 Å². The lowest BCUT2D eigenvalue weighted by Gasteiger charge is -2.32. The van der Waals surface area contributed by atoms with Crippen LogP contribution >= 0.6 is 0 Å². The van der Waals surface area contributed by atoms with E-state index >= 15 is 0 Å². The summed E-state index contributed by atoms with van der Waals surface area (Å²) >= 11 is 0. The lowest BCUT2D eigenvalue weighted by molar-refractivity contribution is 0.0859. The first-order valence-electron chi connectivity index (χ1n) is 10.3. The van der Waals surface area contributed by atoms with Crippen LogP contribution in [0.15, 0.2) is 18.2 Å². The van der Waals surface area contributed by atoms with Crippen LogP contribution in [0.3, 0.4) is 0 Å². The Morgan fingerprint density at radius 3 is 2.57 bits per heavy atom. The lowest BCUT2D eigenvalue weighted by atomic mass is 9.86. The Hall–Kier alpha value is -1.79. The number of rotatable bonds is 7. The Kier molecular flexibility index (Phi) is 8.13. The maximum atomic E-state index is 11.7. The highest BCUT2D eigenvalue weighted by molar-refractivity contribution is 5.67. The van der Waals surface area contributed by atoms with E-state index in [-0.39, 0.29) is 18.1 Å². The Bertz CT molecular complexity index is 634. The van der Waals surface area contributed by atoms with E-state index in [4.69, 9.17) is 9.47 Å². The van der Waals surface area contributed by atoms with Crippen LogP contribution in [0, 0.1) is 6.92 Å². The highest BCUT2D eigenvalue weighted by Gasteiger charge is 2.23. The van der Waals surface area contributed by atoms with E-state index in [0.717, 1.165) is 24.2 Å². The van der Waals surface area contributed by atoms with Crippen molar-refractivity contribution < 1.29 is 19.4 Å². The molecule has 1 unspecified atom stereocenters. The molecule has 1 amide bonds. The van der Waals surface area contributed by atoms with Gasteiger partial charge < -0.3 is 24.8 Å². The first-order chi connectivity index (χ1) is 13.2. The number of likely N-dealkylation sites (tertiary alicyclic amines) is 1. The third kappa shape index (κ3) is 6.67. The van der Waals surface area contributed by atoms with Crippen LogP contribution in [-0.4, -0.2) is 61.1 Å². The number of aryl methyl sites for hydroxylation is 1. The molecule has 1 aliphatic heterocycles. The van der Waals surface area contributed by atoms with E-state index < -0.39 is 6.10 Å². The molecule has 1 fully saturated rings. The van der Waals surface area contributed by atoms with E-state index in [1.54, 1.807) is 4.90 Å². The molecule has 6 heteroatoms. The van der Waals surface area contributed by atoms with Gasteiger partial charge in [0.1, 0.15) is 18.5 Å². The van der Waals surface area contributed by atoms with Crippen molar-refractivity contribution in [3.8, 4) is 5.75 Å². The van der Waals surface area contributed by atoms with Gasteiger partial charge in [0, 0.05) is 25.7 Å². The third-order valence-corrected chi connectivity index (χ3v) is 5.14. The number of carbonyl (C=O) groups excluding carboxylic acids is 1.